The molecule has 1 aromatic heterocycles. The van der Waals surface area contributed by atoms with Crippen LogP contribution in [0.25, 0.3) is 11.4 Å². The van der Waals surface area contributed by atoms with E-state index in [0.717, 1.165) is 38.1 Å². The maximum absolute atomic E-state index is 12.2. The third kappa shape index (κ3) is 4.67. The first-order valence-electron chi connectivity index (χ1n) is 7.92. The van der Waals surface area contributed by atoms with Crippen LogP contribution >= 0.6 is 23.3 Å². The fraction of sp³-hybridized carbons (Fsp3) is 0.211. The van der Waals surface area contributed by atoms with Crippen molar-refractivity contribution in [3.8, 4) is 11.4 Å². The number of hydrogen-bond acceptors (Lipinski definition) is 5. The standard InChI is InChI=1S/C19H19N3OS2/c1-12-8-13(2)10-15(9-12)20-17(23)11-24-19-21-18(22-25-19)16-7-5-4-6-14(16)3/h4-10H,11H2,1-3H3,(H,20,23). The van der Waals surface area contributed by atoms with Crippen LogP contribution in [0, 0.1) is 20.8 Å². The summed E-state index contributed by atoms with van der Waals surface area (Å²) in [5.74, 6) is 0.998. The van der Waals surface area contributed by atoms with Crippen LogP contribution in [0.1, 0.15) is 16.7 Å². The van der Waals surface area contributed by atoms with Gasteiger partial charge >= 0.3 is 0 Å². The average Bonchev–Trinajstić information content (AvgIpc) is 3.01. The minimum Gasteiger partial charge on any atom is -0.325 e. The van der Waals surface area contributed by atoms with Gasteiger partial charge in [-0.2, -0.15) is 4.37 Å². The lowest BCUT2D eigenvalue weighted by atomic mass is 10.1. The minimum atomic E-state index is -0.0392. The summed E-state index contributed by atoms with van der Waals surface area (Å²) in [7, 11) is 0. The second kappa shape index (κ2) is 7.80. The Labute approximate surface area is 155 Å². The molecule has 0 bridgehead atoms. The molecule has 0 radical (unpaired) electrons. The van der Waals surface area contributed by atoms with E-state index < -0.39 is 0 Å². The van der Waals surface area contributed by atoms with E-state index >= 15 is 0 Å². The lowest BCUT2D eigenvalue weighted by Gasteiger charge is -2.06. The Morgan fingerprint density at radius 2 is 1.84 bits per heavy atom. The summed E-state index contributed by atoms with van der Waals surface area (Å²) in [4.78, 5) is 16.7. The molecular weight excluding hydrogens is 350 g/mol. The summed E-state index contributed by atoms with van der Waals surface area (Å²) in [6.07, 6.45) is 0. The molecule has 128 valence electrons. The Balaban J connectivity index is 1.60. The molecule has 0 atom stereocenters. The zero-order valence-corrected chi connectivity index (χ0v) is 16.0. The zero-order chi connectivity index (χ0) is 17.8. The van der Waals surface area contributed by atoms with E-state index in [1.54, 1.807) is 0 Å². The first-order chi connectivity index (χ1) is 12.0. The molecule has 3 aromatic rings. The maximum Gasteiger partial charge on any atom is 0.234 e. The number of hydrogen-bond donors (Lipinski definition) is 1. The summed E-state index contributed by atoms with van der Waals surface area (Å²) in [5.41, 5.74) is 5.28. The molecule has 25 heavy (non-hydrogen) atoms. The van der Waals surface area contributed by atoms with Crippen molar-refractivity contribution in [1.82, 2.24) is 9.36 Å². The number of nitrogens with zero attached hydrogens (tertiary/aromatic N) is 2. The second-order valence-electron chi connectivity index (χ2n) is 5.91. The summed E-state index contributed by atoms with van der Waals surface area (Å²) < 4.78 is 5.21. The number of amides is 1. The highest BCUT2D eigenvalue weighted by Crippen LogP contribution is 2.27. The number of benzene rings is 2. The molecule has 1 N–H and O–H groups in total. The predicted molar refractivity (Wildman–Crippen MR) is 105 cm³/mol. The Kier molecular flexibility index (Phi) is 5.50. The average molecular weight is 370 g/mol. The molecule has 2 aromatic carbocycles. The van der Waals surface area contributed by atoms with E-state index in [2.05, 4.69) is 20.7 Å². The molecule has 0 aliphatic heterocycles. The fourth-order valence-corrected chi connectivity index (χ4v) is 3.98. The van der Waals surface area contributed by atoms with Gasteiger partial charge in [0, 0.05) is 11.3 Å². The van der Waals surface area contributed by atoms with Gasteiger partial charge in [-0.15, -0.1) is 0 Å². The van der Waals surface area contributed by atoms with Crippen molar-refractivity contribution in [2.45, 2.75) is 25.1 Å². The van der Waals surface area contributed by atoms with Gasteiger partial charge in [0.1, 0.15) is 0 Å². The SMILES string of the molecule is Cc1cc(C)cc(NC(=O)CSc2nc(-c3ccccc3C)ns2)c1. The summed E-state index contributed by atoms with van der Waals surface area (Å²) in [5, 5.41) is 2.94. The Bertz CT molecular complexity index is 885. The third-order valence-electron chi connectivity index (χ3n) is 3.63. The van der Waals surface area contributed by atoms with Crippen molar-refractivity contribution in [3.63, 3.8) is 0 Å². The van der Waals surface area contributed by atoms with Gasteiger partial charge in [0.25, 0.3) is 0 Å². The van der Waals surface area contributed by atoms with Crippen LogP contribution in [0.15, 0.2) is 46.8 Å². The van der Waals surface area contributed by atoms with Crippen LogP contribution in [0.2, 0.25) is 0 Å². The molecule has 6 heteroatoms. The molecule has 1 heterocycles. The van der Waals surface area contributed by atoms with Crippen LogP contribution in [-0.2, 0) is 4.79 Å². The summed E-state index contributed by atoms with van der Waals surface area (Å²) in [6, 6.07) is 14.1. The Hall–Kier alpha value is -2.18. The van der Waals surface area contributed by atoms with Gasteiger partial charge in [-0.05, 0) is 61.1 Å². The molecule has 0 aliphatic carbocycles. The number of aryl methyl sites for hydroxylation is 3. The van der Waals surface area contributed by atoms with Crippen molar-refractivity contribution >= 4 is 34.9 Å². The summed E-state index contributed by atoms with van der Waals surface area (Å²) in [6.45, 7) is 6.08. The highest BCUT2D eigenvalue weighted by Gasteiger charge is 2.11. The van der Waals surface area contributed by atoms with Gasteiger partial charge in [0.05, 0.1) is 5.75 Å². The van der Waals surface area contributed by atoms with Gasteiger partial charge < -0.3 is 5.32 Å². The number of carbonyl (C=O) groups is 1. The van der Waals surface area contributed by atoms with Crippen LogP contribution in [0.5, 0.6) is 0 Å². The zero-order valence-electron chi connectivity index (χ0n) is 14.4. The van der Waals surface area contributed by atoms with E-state index in [-0.39, 0.29) is 5.91 Å². The number of thioether (sulfide) groups is 1. The molecule has 0 saturated heterocycles. The van der Waals surface area contributed by atoms with Crippen molar-refractivity contribution in [2.24, 2.45) is 0 Å². The molecule has 0 fully saturated rings. The highest BCUT2D eigenvalue weighted by atomic mass is 32.2. The van der Waals surface area contributed by atoms with Gasteiger partial charge in [-0.25, -0.2) is 4.98 Å². The smallest absolute Gasteiger partial charge is 0.234 e. The van der Waals surface area contributed by atoms with E-state index in [1.165, 1.54) is 23.3 Å². The molecule has 0 aliphatic rings. The van der Waals surface area contributed by atoms with E-state index in [0.29, 0.717) is 5.75 Å². The van der Waals surface area contributed by atoms with Gasteiger partial charge in [-0.1, -0.05) is 42.1 Å². The molecule has 0 spiro atoms. The third-order valence-corrected chi connectivity index (χ3v) is 5.46. The highest BCUT2D eigenvalue weighted by molar-refractivity contribution is 8.01. The number of nitrogens with one attached hydrogen (secondary N) is 1. The monoisotopic (exact) mass is 369 g/mol. The van der Waals surface area contributed by atoms with Crippen LogP contribution < -0.4 is 5.32 Å². The molecule has 0 saturated carbocycles. The minimum absolute atomic E-state index is 0.0392. The molecular formula is C19H19N3OS2. The first-order valence-corrected chi connectivity index (χ1v) is 9.68. The van der Waals surface area contributed by atoms with Crippen molar-refractivity contribution < 1.29 is 4.79 Å². The number of carbonyl (C=O) groups excluding carboxylic acids is 1. The first kappa shape index (κ1) is 17.6. The summed E-state index contributed by atoms with van der Waals surface area (Å²) >= 11 is 2.74. The lowest BCUT2D eigenvalue weighted by Crippen LogP contribution is -2.14. The van der Waals surface area contributed by atoms with Crippen LogP contribution in [0.4, 0.5) is 5.69 Å². The van der Waals surface area contributed by atoms with E-state index in [4.69, 9.17) is 0 Å². The Morgan fingerprint density at radius 3 is 2.56 bits per heavy atom. The quantitative estimate of drug-likeness (QED) is 0.653. The van der Waals surface area contributed by atoms with E-state index in [9.17, 15) is 4.79 Å². The maximum atomic E-state index is 12.2. The largest absolute Gasteiger partial charge is 0.325 e. The molecule has 4 nitrogen and oxygen atoms in total. The van der Waals surface area contributed by atoms with Crippen LogP contribution in [-0.4, -0.2) is 21.0 Å². The fourth-order valence-electron chi connectivity index (χ4n) is 2.57. The Morgan fingerprint density at radius 1 is 1.12 bits per heavy atom. The second-order valence-corrected chi connectivity index (χ2v) is 7.89. The lowest BCUT2D eigenvalue weighted by molar-refractivity contribution is -0.113. The van der Waals surface area contributed by atoms with Crippen molar-refractivity contribution in [1.29, 1.82) is 0 Å². The normalized spacial score (nSPS) is 10.7. The number of anilines is 1. The molecule has 1 amide bonds. The van der Waals surface area contributed by atoms with Crippen LogP contribution in [0.3, 0.4) is 0 Å². The molecule has 0 unspecified atom stereocenters. The number of rotatable bonds is 5. The van der Waals surface area contributed by atoms with Crippen molar-refractivity contribution in [2.75, 3.05) is 11.1 Å². The van der Waals surface area contributed by atoms with Gasteiger partial charge in [-0.3, -0.25) is 4.79 Å². The topological polar surface area (TPSA) is 54.9 Å². The molecule has 3 rings (SSSR count). The van der Waals surface area contributed by atoms with Gasteiger partial charge in [0.2, 0.25) is 5.91 Å². The number of aromatic nitrogens is 2. The van der Waals surface area contributed by atoms with Gasteiger partial charge in [0.15, 0.2) is 10.2 Å². The van der Waals surface area contributed by atoms with Crippen molar-refractivity contribution in [3.05, 3.63) is 59.2 Å². The van der Waals surface area contributed by atoms with E-state index in [1.807, 2.05) is 57.2 Å². The predicted octanol–water partition coefficient (Wildman–Crippen LogP) is 4.86.